The topological polar surface area (TPSA) is 84.3 Å². The summed E-state index contributed by atoms with van der Waals surface area (Å²) in [5, 5.41) is 16.5. The highest BCUT2D eigenvalue weighted by Gasteiger charge is 2.15. The second-order valence-electron chi connectivity index (χ2n) is 5.38. The van der Waals surface area contributed by atoms with Gasteiger partial charge in [-0.2, -0.15) is 0 Å². The van der Waals surface area contributed by atoms with Gasteiger partial charge in [-0.25, -0.2) is 0 Å². The van der Waals surface area contributed by atoms with E-state index >= 15 is 0 Å². The van der Waals surface area contributed by atoms with E-state index in [9.17, 15) is 14.9 Å². The molecule has 0 fully saturated rings. The molecule has 0 aliphatic rings. The number of anilines is 1. The van der Waals surface area contributed by atoms with E-state index in [4.69, 9.17) is 0 Å². The molecule has 0 aliphatic heterocycles. The van der Waals surface area contributed by atoms with Gasteiger partial charge in [0, 0.05) is 31.4 Å². The summed E-state index contributed by atoms with van der Waals surface area (Å²) in [7, 11) is 1.68. The van der Waals surface area contributed by atoms with E-state index in [1.165, 1.54) is 12.1 Å². The lowest BCUT2D eigenvalue weighted by atomic mass is 10.1. The monoisotopic (exact) mass is 293 g/mol. The molecule has 21 heavy (non-hydrogen) atoms. The number of nitro benzene ring substituents is 1. The first-order valence-electron chi connectivity index (χ1n) is 7.20. The highest BCUT2D eigenvalue weighted by atomic mass is 16.6. The third-order valence-corrected chi connectivity index (χ3v) is 3.22. The number of benzene rings is 1. The predicted octanol–water partition coefficient (Wildman–Crippen LogP) is 3.19. The van der Waals surface area contributed by atoms with Crippen molar-refractivity contribution in [1.29, 1.82) is 0 Å². The maximum atomic E-state index is 12.1. The Morgan fingerprint density at radius 2 is 2.05 bits per heavy atom. The first kappa shape index (κ1) is 16.9. The van der Waals surface area contributed by atoms with Crippen LogP contribution in [-0.2, 0) is 0 Å². The normalized spacial score (nSPS) is 10.5. The number of rotatable bonds is 8. The smallest absolute Gasteiger partial charge is 0.270 e. The van der Waals surface area contributed by atoms with E-state index in [2.05, 4.69) is 24.5 Å². The molecule has 1 amide bonds. The summed E-state index contributed by atoms with van der Waals surface area (Å²) in [4.78, 5) is 22.4. The highest BCUT2D eigenvalue weighted by molar-refractivity contribution is 6.00. The van der Waals surface area contributed by atoms with Crippen LogP contribution in [0.5, 0.6) is 0 Å². The van der Waals surface area contributed by atoms with Gasteiger partial charge in [0.25, 0.3) is 11.6 Å². The average Bonchev–Trinajstić information content (AvgIpc) is 2.45. The summed E-state index contributed by atoms with van der Waals surface area (Å²) in [5.41, 5.74) is 0.801. The van der Waals surface area contributed by atoms with Gasteiger partial charge in [-0.15, -0.1) is 0 Å². The van der Waals surface area contributed by atoms with Crippen molar-refractivity contribution in [2.45, 2.75) is 33.1 Å². The summed E-state index contributed by atoms with van der Waals surface area (Å²) < 4.78 is 0. The summed E-state index contributed by atoms with van der Waals surface area (Å²) in [6.07, 6.45) is 3.11. The maximum Gasteiger partial charge on any atom is 0.270 e. The van der Waals surface area contributed by atoms with Crippen molar-refractivity contribution in [3.63, 3.8) is 0 Å². The van der Waals surface area contributed by atoms with Gasteiger partial charge in [-0.1, -0.05) is 26.7 Å². The van der Waals surface area contributed by atoms with Gasteiger partial charge >= 0.3 is 0 Å². The lowest BCUT2D eigenvalue weighted by molar-refractivity contribution is -0.384. The van der Waals surface area contributed by atoms with Crippen molar-refractivity contribution in [3.05, 3.63) is 33.9 Å². The molecule has 2 N–H and O–H groups in total. The van der Waals surface area contributed by atoms with Crippen LogP contribution >= 0.6 is 0 Å². The van der Waals surface area contributed by atoms with Gasteiger partial charge in [0.1, 0.15) is 0 Å². The predicted molar refractivity (Wildman–Crippen MR) is 83.7 cm³/mol. The Morgan fingerprint density at radius 1 is 1.33 bits per heavy atom. The minimum Gasteiger partial charge on any atom is -0.387 e. The molecule has 0 saturated heterocycles. The zero-order chi connectivity index (χ0) is 15.8. The molecule has 0 spiro atoms. The molecule has 0 unspecified atom stereocenters. The molecule has 0 heterocycles. The van der Waals surface area contributed by atoms with E-state index in [1.807, 2.05) is 0 Å². The SMILES string of the molecule is CNc1ccc([N+](=O)[O-])cc1C(=O)NCCCCC(C)C. The van der Waals surface area contributed by atoms with Gasteiger partial charge in [0.05, 0.1) is 10.5 Å². The molecule has 0 aromatic heterocycles. The molecule has 1 aromatic rings. The Bertz CT molecular complexity index is 501. The molecule has 1 rings (SSSR count). The molecular formula is C15H23N3O3. The van der Waals surface area contributed by atoms with Crippen LogP contribution in [-0.4, -0.2) is 24.4 Å². The summed E-state index contributed by atoms with van der Waals surface area (Å²) in [5.74, 6) is 0.376. The summed E-state index contributed by atoms with van der Waals surface area (Å²) >= 11 is 0. The molecule has 116 valence electrons. The number of nitrogens with one attached hydrogen (secondary N) is 2. The van der Waals surface area contributed by atoms with Crippen molar-refractivity contribution in [3.8, 4) is 0 Å². The lowest BCUT2D eigenvalue weighted by Crippen LogP contribution is -2.25. The Balaban J connectivity index is 2.63. The lowest BCUT2D eigenvalue weighted by Gasteiger charge is -2.10. The number of non-ortho nitro benzene ring substituents is 1. The van der Waals surface area contributed by atoms with Crippen LogP contribution in [0.2, 0.25) is 0 Å². The first-order chi connectivity index (χ1) is 9.95. The van der Waals surface area contributed by atoms with Crippen LogP contribution in [0.15, 0.2) is 18.2 Å². The van der Waals surface area contributed by atoms with Gasteiger partial charge < -0.3 is 10.6 Å². The van der Waals surface area contributed by atoms with Crippen LogP contribution in [0.1, 0.15) is 43.5 Å². The second kappa shape index (κ2) is 8.24. The van der Waals surface area contributed by atoms with E-state index in [-0.39, 0.29) is 11.6 Å². The molecule has 0 bridgehead atoms. The van der Waals surface area contributed by atoms with Crippen molar-refractivity contribution >= 4 is 17.3 Å². The summed E-state index contributed by atoms with van der Waals surface area (Å²) in [6, 6.07) is 4.23. The number of nitrogens with zero attached hydrogens (tertiary/aromatic N) is 1. The maximum absolute atomic E-state index is 12.1. The highest BCUT2D eigenvalue weighted by Crippen LogP contribution is 2.21. The van der Waals surface area contributed by atoms with Crippen LogP contribution < -0.4 is 10.6 Å². The van der Waals surface area contributed by atoms with E-state index in [0.717, 1.165) is 19.3 Å². The van der Waals surface area contributed by atoms with Crippen molar-refractivity contribution < 1.29 is 9.72 Å². The second-order valence-corrected chi connectivity index (χ2v) is 5.38. The van der Waals surface area contributed by atoms with E-state index < -0.39 is 4.92 Å². The molecule has 1 aromatic carbocycles. The molecule has 6 nitrogen and oxygen atoms in total. The number of carbonyl (C=O) groups excluding carboxylic acids is 1. The van der Waals surface area contributed by atoms with Gasteiger partial charge in [0.15, 0.2) is 0 Å². The van der Waals surface area contributed by atoms with E-state index in [1.54, 1.807) is 13.1 Å². The van der Waals surface area contributed by atoms with Gasteiger partial charge in [-0.05, 0) is 18.4 Å². The number of unbranched alkanes of at least 4 members (excludes halogenated alkanes) is 1. The molecule has 0 atom stereocenters. The first-order valence-corrected chi connectivity index (χ1v) is 7.20. The zero-order valence-corrected chi connectivity index (χ0v) is 12.8. The van der Waals surface area contributed by atoms with Crippen LogP contribution in [0.3, 0.4) is 0 Å². The van der Waals surface area contributed by atoms with Crippen molar-refractivity contribution in [1.82, 2.24) is 5.32 Å². The Labute approximate surface area is 125 Å². The number of nitro groups is 1. The Kier molecular flexibility index (Phi) is 6.65. The number of hydrogen-bond donors (Lipinski definition) is 2. The number of carbonyl (C=O) groups is 1. The van der Waals surface area contributed by atoms with Gasteiger partial charge in [-0.3, -0.25) is 14.9 Å². The number of amides is 1. The fourth-order valence-electron chi connectivity index (χ4n) is 2.03. The molecule has 6 heteroatoms. The van der Waals surface area contributed by atoms with Gasteiger partial charge in [0.2, 0.25) is 0 Å². The van der Waals surface area contributed by atoms with Crippen molar-refractivity contribution in [2.24, 2.45) is 5.92 Å². The Hall–Kier alpha value is -2.11. The number of hydrogen-bond acceptors (Lipinski definition) is 4. The molecule has 0 aliphatic carbocycles. The van der Waals surface area contributed by atoms with Crippen LogP contribution in [0, 0.1) is 16.0 Å². The van der Waals surface area contributed by atoms with Crippen LogP contribution in [0.4, 0.5) is 11.4 Å². The largest absolute Gasteiger partial charge is 0.387 e. The minimum absolute atomic E-state index is 0.0843. The fourth-order valence-corrected chi connectivity index (χ4v) is 2.03. The summed E-state index contributed by atoms with van der Waals surface area (Å²) in [6.45, 7) is 4.92. The average molecular weight is 293 g/mol. The molecular weight excluding hydrogens is 270 g/mol. The molecule has 0 radical (unpaired) electrons. The quantitative estimate of drug-likeness (QED) is 0.438. The standard InChI is InChI=1S/C15H23N3O3/c1-11(2)6-4-5-9-17-15(19)13-10-12(18(20)21)7-8-14(13)16-3/h7-8,10-11,16H,4-6,9H2,1-3H3,(H,17,19). The van der Waals surface area contributed by atoms with Crippen molar-refractivity contribution in [2.75, 3.05) is 18.9 Å². The third kappa shape index (κ3) is 5.41. The zero-order valence-electron chi connectivity index (χ0n) is 12.8. The minimum atomic E-state index is -0.501. The van der Waals surface area contributed by atoms with Crippen LogP contribution in [0.25, 0.3) is 0 Å². The molecule has 0 saturated carbocycles. The Morgan fingerprint density at radius 3 is 2.62 bits per heavy atom. The van der Waals surface area contributed by atoms with E-state index in [0.29, 0.717) is 23.7 Å². The third-order valence-electron chi connectivity index (χ3n) is 3.22. The fraction of sp³-hybridized carbons (Fsp3) is 0.533.